The predicted octanol–water partition coefficient (Wildman–Crippen LogP) is 1.79. The maximum atomic E-state index is 11.3. The molecular weight excluding hydrogens is 251 g/mol. The molecule has 1 aromatic rings. The van der Waals surface area contributed by atoms with Crippen LogP contribution in [0.4, 0.5) is 5.69 Å². The molecule has 0 aromatic heterocycles. The Hall–Kier alpha value is -0.336. The van der Waals surface area contributed by atoms with Crippen molar-refractivity contribution >= 4 is 11.5 Å². The Morgan fingerprint density at radius 3 is 2.71 bits per heavy atom. The zero-order valence-electron chi connectivity index (χ0n) is 8.50. The molecule has 0 saturated carbocycles. The van der Waals surface area contributed by atoms with Crippen LogP contribution >= 0.6 is 0 Å². The molecule has 0 bridgehead atoms. The molecule has 14 heavy (non-hydrogen) atoms. The van der Waals surface area contributed by atoms with Crippen molar-refractivity contribution in [3.8, 4) is 0 Å². The van der Waals surface area contributed by atoms with Crippen molar-refractivity contribution in [1.82, 2.24) is 0 Å². The molecule has 1 rings (SSSR count). The first-order chi connectivity index (χ1) is 6.09. The smallest absolute Gasteiger partial charge is 0.00335 e. The summed E-state index contributed by atoms with van der Waals surface area (Å²) in [5.74, 6) is 0.956. The number of Topliss-reactive ketones (excluding diaryl/α,β-unsaturated/α-hetero) is 1. The molecule has 0 amide bonds. The van der Waals surface area contributed by atoms with Crippen LogP contribution in [0.25, 0.3) is 0 Å². The van der Waals surface area contributed by atoms with E-state index in [0.717, 1.165) is 11.5 Å². The summed E-state index contributed by atoms with van der Waals surface area (Å²) in [6.07, 6.45) is 0.396. The van der Waals surface area contributed by atoms with Crippen molar-refractivity contribution in [3.05, 3.63) is 35.7 Å². The van der Waals surface area contributed by atoms with Gasteiger partial charge in [-0.25, -0.2) is 0 Å². The van der Waals surface area contributed by atoms with Gasteiger partial charge in [-0.15, -0.1) is 12.1 Å². The number of rotatable bonds is 3. The summed E-state index contributed by atoms with van der Waals surface area (Å²) in [5, 5.41) is 0. The maximum absolute atomic E-state index is 11.3. The van der Waals surface area contributed by atoms with Gasteiger partial charge >= 0.3 is 0 Å². The number of carbonyl (C=O) groups is 1. The minimum absolute atomic E-state index is 0. The Kier molecular flexibility index (Phi) is 6.06. The molecule has 2 N–H and O–H groups in total. The molecule has 3 heteroatoms. The Balaban J connectivity index is 0.00000169. The van der Waals surface area contributed by atoms with Crippen LogP contribution in [-0.4, -0.2) is 5.78 Å². The minimum atomic E-state index is 0. The Bertz CT molecular complexity index is 310. The zero-order valence-corrected chi connectivity index (χ0v) is 11.3. The van der Waals surface area contributed by atoms with Gasteiger partial charge < -0.3 is 16.4 Å². The van der Waals surface area contributed by atoms with Gasteiger partial charge in [0.25, 0.3) is 0 Å². The molecule has 0 aliphatic rings. The fourth-order valence-corrected chi connectivity index (χ4v) is 0.988. The molecule has 0 saturated heterocycles. The summed E-state index contributed by atoms with van der Waals surface area (Å²) in [6.45, 7) is 3.63. The summed E-state index contributed by atoms with van der Waals surface area (Å²) >= 11 is 0. The summed E-state index contributed by atoms with van der Waals surface area (Å²) in [5.41, 5.74) is 7.10. The van der Waals surface area contributed by atoms with Crippen LogP contribution in [0.1, 0.15) is 19.4 Å². The fraction of sp³-hybridized carbons (Fsp3) is 0.273. The van der Waals surface area contributed by atoms with Crippen molar-refractivity contribution < 1.29 is 37.5 Å². The van der Waals surface area contributed by atoms with Crippen molar-refractivity contribution in [2.24, 2.45) is 0 Å². The normalized spacial score (nSPS) is 9.00. The molecule has 73 valence electrons. The number of nitrogen functional groups attached to an aromatic ring is 1. The monoisotopic (exact) mass is 264 g/mol. The molecule has 2 nitrogen and oxygen atoms in total. The van der Waals surface area contributed by atoms with E-state index in [1.54, 1.807) is 18.2 Å². The summed E-state index contributed by atoms with van der Waals surface area (Å²) < 4.78 is 0. The van der Waals surface area contributed by atoms with E-state index in [1.807, 2.05) is 13.8 Å². The van der Waals surface area contributed by atoms with Gasteiger partial charge in [0.1, 0.15) is 0 Å². The average molecular weight is 264 g/mol. The second kappa shape index (κ2) is 6.20. The van der Waals surface area contributed by atoms with Crippen LogP contribution in [0.5, 0.6) is 0 Å². The van der Waals surface area contributed by atoms with Crippen molar-refractivity contribution in [3.63, 3.8) is 0 Å². The van der Waals surface area contributed by atoms with E-state index in [2.05, 4.69) is 6.07 Å². The zero-order chi connectivity index (χ0) is 9.84. The average Bonchev–Trinajstić information content (AvgIpc) is 2.04. The molecule has 1 aromatic carbocycles. The summed E-state index contributed by atoms with van der Waals surface area (Å²) in [7, 11) is 0. The number of benzene rings is 1. The molecule has 0 unspecified atom stereocenters. The van der Waals surface area contributed by atoms with Gasteiger partial charge in [0, 0.05) is 38.5 Å². The maximum Gasteiger partial charge on any atom is 0.00335 e. The van der Waals surface area contributed by atoms with E-state index in [0.29, 0.717) is 12.1 Å². The van der Waals surface area contributed by atoms with E-state index >= 15 is 0 Å². The summed E-state index contributed by atoms with van der Waals surface area (Å²) in [4.78, 5) is 11.3. The minimum Gasteiger partial charge on any atom is -0.419 e. The van der Waals surface area contributed by atoms with E-state index in [-0.39, 0.29) is 38.5 Å². The second-order valence-electron chi connectivity index (χ2n) is 3.25. The van der Waals surface area contributed by atoms with Crippen molar-refractivity contribution in [2.75, 3.05) is 5.73 Å². The summed E-state index contributed by atoms with van der Waals surface area (Å²) in [6, 6.07) is 8.26. The number of carbonyl (C=O) groups excluding carboxylic acids is 1. The molecule has 0 aliphatic heterocycles. The molecule has 0 heterocycles. The van der Waals surface area contributed by atoms with Gasteiger partial charge in [0.05, 0.1) is 0 Å². The first-order valence-corrected chi connectivity index (χ1v) is 4.19. The third-order valence-electron chi connectivity index (χ3n) is 1.79. The van der Waals surface area contributed by atoms with Crippen LogP contribution in [0.15, 0.2) is 18.2 Å². The van der Waals surface area contributed by atoms with E-state index in [4.69, 9.17) is 5.73 Å². The molecule has 1 radical (unpaired) electrons. The number of hydrogen-bond donors (Lipinski definition) is 1. The second-order valence-corrected chi connectivity index (χ2v) is 3.25. The van der Waals surface area contributed by atoms with Gasteiger partial charge in [0.15, 0.2) is 0 Å². The third kappa shape index (κ3) is 4.25. The molecular formula is C11H13NOY-2. The van der Waals surface area contributed by atoms with Gasteiger partial charge in [-0.05, 0) is 6.42 Å². The van der Waals surface area contributed by atoms with Gasteiger partial charge in [-0.2, -0.15) is 31.5 Å². The van der Waals surface area contributed by atoms with Crippen LogP contribution in [0, 0.1) is 12.0 Å². The molecule has 0 spiro atoms. The SMILES string of the molecule is C[C-](C)C(=O)Cc1[c-]ccc(N)c1.[Y]. The predicted molar refractivity (Wildman–Crippen MR) is 53.0 cm³/mol. The van der Waals surface area contributed by atoms with E-state index in [1.165, 1.54) is 0 Å². The van der Waals surface area contributed by atoms with Crippen molar-refractivity contribution in [2.45, 2.75) is 20.3 Å². The quantitative estimate of drug-likeness (QED) is 0.668. The molecule has 0 atom stereocenters. The van der Waals surface area contributed by atoms with E-state index in [9.17, 15) is 4.79 Å². The van der Waals surface area contributed by atoms with Gasteiger partial charge in [-0.1, -0.05) is 5.69 Å². The van der Waals surface area contributed by atoms with Gasteiger partial charge in [0.2, 0.25) is 0 Å². The Morgan fingerprint density at radius 1 is 1.57 bits per heavy atom. The Morgan fingerprint density at radius 2 is 2.21 bits per heavy atom. The van der Waals surface area contributed by atoms with E-state index < -0.39 is 0 Å². The van der Waals surface area contributed by atoms with Crippen LogP contribution in [-0.2, 0) is 43.9 Å². The molecule has 0 fully saturated rings. The van der Waals surface area contributed by atoms with Crippen LogP contribution in [0.2, 0.25) is 0 Å². The molecule has 0 aliphatic carbocycles. The first-order valence-electron chi connectivity index (χ1n) is 4.19. The number of hydrogen-bond acceptors (Lipinski definition) is 2. The first kappa shape index (κ1) is 13.7. The largest absolute Gasteiger partial charge is 0.419 e. The van der Waals surface area contributed by atoms with Crippen LogP contribution in [0.3, 0.4) is 0 Å². The van der Waals surface area contributed by atoms with Crippen LogP contribution < -0.4 is 5.73 Å². The number of nitrogens with two attached hydrogens (primary N) is 1. The van der Waals surface area contributed by atoms with Gasteiger partial charge in [-0.3, -0.25) is 0 Å². The number of anilines is 1. The topological polar surface area (TPSA) is 43.1 Å². The number of ketones is 1. The van der Waals surface area contributed by atoms with Crippen molar-refractivity contribution in [1.29, 1.82) is 0 Å². The standard InChI is InChI=1S/C11H13NO.Y/c1-8(2)11(13)7-9-4-3-5-10(12)6-9;/h3,5-6H,7,12H2,1-2H3;/q-2;. The third-order valence-corrected chi connectivity index (χ3v) is 1.79. The fourth-order valence-electron chi connectivity index (χ4n) is 0.988. The Labute approximate surface area is 110 Å².